The zero-order chi connectivity index (χ0) is 13.7. The van der Waals surface area contributed by atoms with Crippen molar-refractivity contribution >= 4 is 17.5 Å². The molecule has 0 saturated heterocycles. The normalized spacial score (nSPS) is 10.2. The zero-order valence-electron chi connectivity index (χ0n) is 10.5. The molecule has 2 aromatic rings. The molecule has 2 rings (SSSR count). The van der Waals surface area contributed by atoms with Gasteiger partial charge in [-0.25, -0.2) is 0 Å². The fraction of sp³-hybridized carbons (Fsp3) is 0.214. The van der Waals surface area contributed by atoms with Crippen LogP contribution in [-0.2, 0) is 6.42 Å². The number of benzene rings is 1. The Hall–Kier alpha value is -1.94. The molecule has 4 nitrogen and oxygen atoms in total. The minimum atomic E-state index is -0.276. The SMILES string of the molecule is COc1ccccc1CCNC(=O)c1ccc(Cl)o1. The summed E-state index contributed by atoms with van der Waals surface area (Å²) in [6.45, 7) is 0.498. The Labute approximate surface area is 116 Å². The zero-order valence-corrected chi connectivity index (χ0v) is 11.2. The highest BCUT2D eigenvalue weighted by Crippen LogP contribution is 2.17. The molecule has 100 valence electrons. The topological polar surface area (TPSA) is 51.5 Å². The van der Waals surface area contributed by atoms with Crippen LogP contribution >= 0.6 is 11.6 Å². The van der Waals surface area contributed by atoms with E-state index in [0.717, 1.165) is 11.3 Å². The number of carbonyl (C=O) groups is 1. The minimum Gasteiger partial charge on any atom is -0.496 e. The number of amides is 1. The number of halogens is 1. The van der Waals surface area contributed by atoms with Crippen LogP contribution in [0.15, 0.2) is 40.8 Å². The lowest BCUT2D eigenvalue weighted by molar-refractivity contribution is 0.0926. The molecule has 0 aliphatic heterocycles. The van der Waals surface area contributed by atoms with Gasteiger partial charge in [-0.3, -0.25) is 4.79 Å². The average Bonchev–Trinajstić information content (AvgIpc) is 2.86. The van der Waals surface area contributed by atoms with Gasteiger partial charge in [-0.2, -0.15) is 0 Å². The van der Waals surface area contributed by atoms with Crippen LogP contribution in [0.5, 0.6) is 5.75 Å². The lowest BCUT2D eigenvalue weighted by Gasteiger charge is -2.08. The summed E-state index contributed by atoms with van der Waals surface area (Å²) in [6, 6.07) is 10.8. The summed E-state index contributed by atoms with van der Waals surface area (Å²) in [4.78, 5) is 11.7. The first-order chi connectivity index (χ1) is 9.20. The fourth-order valence-corrected chi connectivity index (χ4v) is 1.89. The second-order valence-electron chi connectivity index (χ2n) is 3.92. The van der Waals surface area contributed by atoms with Crippen molar-refractivity contribution in [1.29, 1.82) is 0 Å². The Morgan fingerprint density at radius 3 is 2.79 bits per heavy atom. The fourth-order valence-electron chi connectivity index (χ4n) is 1.74. The van der Waals surface area contributed by atoms with E-state index in [4.69, 9.17) is 20.8 Å². The second kappa shape index (κ2) is 6.29. The molecule has 0 saturated carbocycles. The molecule has 1 N–H and O–H groups in total. The number of methoxy groups -OCH3 is 1. The van der Waals surface area contributed by atoms with Crippen LogP contribution in [-0.4, -0.2) is 19.6 Å². The van der Waals surface area contributed by atoms with Gasteiger partial charge >= 0.3 is 0 Å². The van der Waals surface area contributed by atoms with E-state index < -0.39 is 0 Å². The molecule has 0 aliphatic carbocycles. The lowest BCUT2D eigenvalue weighted by Crippen LogP contribution is -2.25. The van der Waals surface area contributed by atoms with Gasteiger partial charge in [0, 0.05) is 6.54 Å². The molecule has 1 heterocycles. The predicted molar refractivity (Wildman–Crippen MR) is 72.7 cm³/mol. The monoisotopic (exact) mass is 279 g/mol. The molecular formula is C14H14ClNO3. The first-order valence-corrected chi connectivity index (χ1v) is 6.24. The van der Waals surface area contributed by atoms with Gasteiger partial charge in [-0.05, 0) is 41.8 Å². The molecule has 0 aliphatic rings. The van der Waals surface area contributed by atoms with E-state index >= 15 is 0 Å². The highest BCUT2D eigenvalue weighted by Gasteiger charge is 2.10. The van der Waals surface area contributed by atoms with Crippen LogP contribution in [0.1, 0.15) is 16.1 Å². The van der Waals surface area contributed by atoms with Gasteiger partial charge in [0.05, 0.1) is 7.11 Å². The predicted octanol–water partition coefficient (Wildman–Crippen LogP) is 2.91. The van der Waals surface area contributed by atoms with E-state index in [-0.39, 0.29) is 16.9 Å². The number of hydrogen-bond acceptors (Lipinski definition) is 3. The van der Waals surface area contributed by atoms with Crippen molar-refractivity contribution in [2.24, 2.45) is 0 Å². The Bertz CT molecular complexity index is 565. The molecule has 1 aromatic heterocycles. The maximum absolute atomic E-state index is 11.7. The number of rotatable bonds is 5. The Morgan fingerprint density at radius 1 is 1.32 bits per heavy atom. The van der Waals surface area contributed by atoms with E-state index in [1.54, 1.807) is 13.2 Å². The van der Waals surface area contributed by atoms with Crippen LogP contribution in [0.4, 0.5) is 0 Å². The van der Waals surface area contributed by atoms with Crippen LogP contribution in [0.2, 0.25) is 5.22 Å². The third-order valence-electron chi connectivity index (χ3n) is 2.67. The Balaban J connectivity index is 1.88. The Morgan fingerprint density at radius 2 is 2.11 bits per heavy atom. The largest absolute Gasteiger partial charge is 0.496 e. The molecule has 5 heteroatoms. The van der Waals surface area contributed by atoms with Crippen molar-refractivity contribution in [2.45, 2.75) is 6.42 Å². The van der Waals surface area contributed by atoms with E-state index in [2.05, 4.69) is 5.32 Å². The van der Waals surface area contributed by atoms with Crippen LogP contribution in [0.25, 0.3) is 0 Å². The van der Waals surface area contributed by atoms with Crippen molar-refractivity contribution < 1.29 is 13.9 Å². The van der Waals surface area contributed by atoms with Crippen LogP contribution < -0.4 is 10.1 Å². The molecule has 1 amide bonds. The standard InChI is InChI=1S/C14H14ClNO3/c1-18-11-5-3-2-4-10(11)8-9-16-14(17)12-6-7-13(15)19-12/h2-7H,8-9H2,1H3,(H,16,17). The van der Waals surface area contributed by atoms with Gasteiger partial charge in [0.2, 0.25) is 0 Å². The summed E-state index contributed by atoms with van der Waals surface area (Å²) in [5.74, 6) is 0.754. The van der Waals surface area contributed by atoms with Crippen molar-refractivity contribution in [3.05, 3.63) is 52.9 Å². The minimum absolute atomic E-state index is 0.204. The number of furan rings is 1. The molecule has 0 spiro atoms. The van der Waals surface area contributed by atoms with Gasteiger partial charge in [-0.1, -0.05) is 18.2 Å². The third kappa shape index (κ3) is 3.51. The van der Waals surface area contributed by atoms with Crippen molar-refractivity contribution in [3.63, 3.8) is 0 Å². The molecule has 0 radical (unpaired) electrons. The molecule has 1 aromatic carbocycles. The van der Waals surface area contributed by atoms with Gasteiger partial charge in [0.25, 0.3) is 5.91 Å². The first-order valence-electron chi connectivity index (χ1n) is 5.86. The smallest absolute Gasteiger partial charge is 0.287 e. The van der Waals surface area contributed by atoms with Gasteiger partial charge in [0.1, 0.15) is 5.75 Å². The quantitative estimate of drug-likeness (QED) is 0.915. The van der Waals surface area contributed by atoms with Gasteiger partial charge in [0.15, 0.2) is 11.0 Å². The summed E-state index contributed by atoms with van der Waals surface area (Å²) >= 11 is 5.61. The summed E-state index contributed by atoms with van der Waals surface area (Å²) < 4.78 is 10.3. The van der Waals surface area contributed by atoms with Crippen molar-refractivity contribution in [1.82, 2.24) is 5.32 Å². The van der Waals surface area contributed by atoms with E-state index in [1.807, 2.05) is 24.3 Å². The van der Waals surface area contributed by atoms with Gasteiger partial charge in [-0.15, -0.1) is 0 Å². The van der Waals surface area contributed by atoms with Crippen molar-refractivity contribution in [3.8, 4) is 5.75 Å². The van der Waals surface area contributed by atoms with Crippen molar-refractivity contribution in [2.75, 3.05) is 13.7 Å². The lowest BCUT2D eigenvalue weighted by atomic mass is 10.1. The molecule has 19 heavy (non-hydrogen) atoms. The number of para-hydroxylation sites is 1. The van der Waals surface area contributed by atoms with E-state index in [9.17, 15) is 4.79 Å². The number of ether oxygens (including phenoxy) is 1. The average molecular weight is 280 g/mol. The first kappa shape index (κ1) is 13.5. The summed E-state index contributed by atoms with van der Waals surface area (Å²) in [5, 5.41) is 2.97. The number of carbonyl (C=O) groups excluding carboxylic acids is 1. The molecule has 0 unspecified atom stereocenters. The maximum Gasteiger partial charge on any atom is 0.287 e. The van der Waals surface area contributed by atoms with E-state index in [0.29, 0.717) is 13.0 Å². The van der Waals surface area contributed by atoms with Crippen LogP contribution in [0, 0.1) is 0 Å². The Kier molecular flexibility index (Phi) is 4.47. The summed E-state index contributed by atoms with van der Waals surface area (Å²) in [7, 11) is 1.63. The van der Waals surface area contributed by atoms with Gasteiger partial charge < -0.3 is 14.5 Å². The highest BCUT2D eigenvalue weighted by molar-refractivity contribution is 6.29. The highest BCUT2D eigenvalue weighted by atomic mass is 35.5. The number of nitrogens with one attached hydrogen (secondary N) is 1. The summed E-state index contributed by atoms with van der Waals surface area (Å²) in [5.41, 5.74) is 1.04. The molecule has 0 fully saturated rings. The molecule has 0 bridgehead atoms. The molecule has 0 atom stereocenters. The summed E-state index contributed by atoms with van der Waals surface area (Å²) in [6.07, 6.45) is 0.685. The second-order valence-corrected chi connectivity index (χ2v) is 4.29. The van der Waals surface area contributed by atoms with Crippen LogP contribution in [0.3, 0.4) is 0 Å². The molecular weight excluding hydrogens is 266 g/mol. The maximum atomic E-state index is 11.7. The third-order valence-corrected chi connectivity index (χ3v) is 2.87. The number of hydrogen-bond donors (Lipinski definition) is 1. The van der Waals surface area contributed by atoms with E-state index in [1.165, 1.54) is 6.07 Å².